The number of rotatable bonds is 1. The number of nitrogens with zero attached hydrogens (tertiary/aromatic N) is 2. The first-order valence-electron chi connectivity index (χ1n) is 6.13. The summed E-state index contributed by atoms with van der Waals surface area (Å²) >= 11 is 0. The molecule has 17 heavy (non-hydrogen) atoms. The van der Waals surface area contributed by atoms with E-state index in [2.05, 4.69) is 6.08 Å². The van der Waals surface area contributed by atoms with Gasteiger partial charge in [-0.1, -0.05) is 12.2 Å². The van der Waals surface area contributed by atoms with Crippen LogP contribution in [0.4, 0.5) is 4.79 Å². The highest BCUT2D eigenvalue weighted by molar-refractivity contribution is 5.83. The van der Waals surface area contributed by atoms with Crippen molar-refractivity contribution in [3.8, 4) is 0 Å². The lowest BCUT2D eigenvalue weighted by atomic mass is 10.0. The van der Waals surface area contributed by atoms with E-state index in [9.17, 15) is 9.59 Å². The second-order valence-electron chi connectivity index (χ2n) is 4.53. The number of piperidine rings is 1. The highest BCUT2D eigenvalue weighted by atomic mass is 16.4. The Kier molecular flexibility index (Phi) is 3.66. The van der Waals surface area contributed by atoms with E-state index < -0.39 is 12.0 Å². The van der Waals surface area contributed by atoms with Gasteiger partial charge in [-0.05, 0) is 25.7 Å². The Labute approximate surface area is 101 Å². The lowest BCUT2D eigenvalue weighted by Gasteiger charge is -2.37. The second-order valence-corrected chi connectivity index (χ2v) is 4.53. The summed E-state index contributed by atoms with van der Waals surface area (Å²) in [4.78, 5) is 26.6. The van der Waals surface area contributed by atoms with Gasteiger partial charge in [0.1, 0.15) is 6.04 Å². The predicted octanol–water partition coefficient (Wildman–Crippen LogP) is 1.31. The third kappa shape index (κ3) is 2.60. The fraction of sp³-hybridized carbons (Fsp3) is 0.667. The molecule has 2 aliphatic rings. The average molecular weight is 238 g/mol. The molecule has 1 saturated heterocycles. The minimum atomic E-state index is -0.884. The maximum Gasteiger partial charge on any atom is 0.326 e. The summed E-state index contributed by atoms with van der Waals surface area (Å²) in [6.45, 7) is 1.86. The van der Waals surface area contributed by atoms with E-state index in [1.807, 2.05) is 6.08 Å². The Balaban J connectivity index is 2.05. The number of likely N-dealkylation sites (tertiary alicyclic amines) is 1. The lowest BCUT2D eigenvalue weighted by molar-refractivity contribution is -0.143. The summed E-state index contributed by atoms with van der Waals surface area (Å²) in [5.74, 6) is -0.884. The molecule has 2 amide bonds. The molecule has 0 bridgehead atoms. The van der Waals surface area contributed by atoms with Crippen LogP contribution in [-0.4, -0.2) is 52.6 Å². The smallest absolute Gasteiger partial charge is 0.326 e. The fourth-order valence-corrected chi connectivity index (χ4v) is 2.41. The molecule has 5 nitrogen and oxygen atoms in total. The van der Waals surface area contributed by atoms with Crippen molar-refractivity contribution >= 4 is 12.0 Å². The number of carbonyl (C=O) groups excluding carboxylic acids is 1. The van der Waals surface area contributed by atoms with Crippen molar-refractivity contribution in [3.05, 3.63) is 12.2 Å². The third-order valence-electron chi connectivity index (χ3n) is 3.36. The first-order valence-corrected chi connectivity index (χ1v) is 6.13. The van der Waals surface area contributed by atoms with Crippen LogP contribution in [0.1, 0.15) is 25.7 Å². The summed E-state index contributed by atoms with van der Waals surface area (Å²) in [6, 6.07) is -0.761. The van der Waals surface area contributed by atoms with E-state index in [1.54, 1.807) is 4.90 Å². The molecule has 0 aromatic carbocycles. The van der Waals surface area contributed by atoms with Crippen LogP contribution in [0.5, 0.6) is 0 Å². The third-order valence-corrected chi connectivity index (χ3v) is 3.36. The van der Waals surface area contributed by atoms with Gasteiger partial charge >= 0.3 is 12.0 Å². The minimum Gasteiger partial charge on any atom is -0.480 e. The molecular formula is C12H18N2O3. The SMILES string of the molecule is O=C(O)C1CCCCN1C(=O)N1CC=CCC1. The molecule has 0 aliphatic carbocycles. The molecular weight excluding hydrogens is 220 g/mol. The average Bonchev–Trinajstić information content (AvgIpc) is 2.39. The number of hydrogen-bond acceptors (Lipinski definition) is 2. The zero-order valence-electron chi connectivity index (χ0n) is 9.84. The maximum atomic E-state index is 12.2. The zero-order chi connectivity index (χ0) is 12.3. The molecule has 0 saturated carbocycles. The quantitative estimate of drug-likeness (QED) is 0.701. The molecule has 94 valence electrons. The van der Waals surface area contributed by atoms with Gasteiger partial charge < -0.3 is 14.9 Å². The van der Waals surface area contributed by atoms with Gasteiger partial charge in [-0.15, -0.1) is 0 Å². The molecule has 2 aliphatic heterocycles. The van der Waals surface area contributed by atoms with Crippen molar-refractivity contribution in [3.63, 3.8) is 0 Å². The van der Waals surface area contributed by atoms with Gasteiger partial charge in [0.2, 0.25) is 0 Å². The summed E-state index contributed by atoms with van der Waals surface area (Å²) in [5.41, 5.74) is 0. The molecule has 2 heterocycles. The molecule has 5 heteroatoms. The monoisotopic (exact) mass is 238 g/mol. The number of carboxylic acid groups (broad SMARTS) is 1. The van der Waals surface area contributed by atoms with Crippen LogP contribution in [0, 0.1) is 0 Å². The van der Waals surface area contributed by atoms with Gasteiger partial charge in [0.05, 0.1) is 0 Å². The molecule has 0 aromatic rings. The van der Waals surface area contributed by atoms with E-state index in [0.717, 1.165) is 19.3 Å². The van der Waals surface area contributed by atoms with Crippen molar-refractivity contribution in [2.45, 2.75) is 31.7 Å². The van der Waals surface area contributed by atoms with E-state index >= 15 is 0 Å². The second kappa shape index (κ2) is 5.21. The van der Waals surface area contributed by atoms with Crippen LogP contribution in [0.15, 0.2) is 12.2 Å². The van der Waals surface area contributed by atoms with Crippen molar-refractivity contribution < 1.29 is 14.7 Å². The molecule has 1 unspecified atom stereocenters. The highest BCUT2D eigenvalue weighted by Gasteiger charge is 2.34. The Morgan fingerprint density at radius 3 is 2.65 bits per heavy atom. The highest BCUT2D eigenvalue weighted by Crippen LogP contribution is 2.19. The largest absolute Gasteiger partial charge is 0.480 e. The van der Waals surface area contributed by atoms with Crippen LogP contribution >= 0.6 is 0 Å². The summed E-state index contributed by atoms with van der Waals surface area (Å²) in [5, 5.41) is 9.13. The maximum absolute atomic E-state index is 12.2. The van der Waals surface area contributed by atoms with E-state index in [1.165, 1.54) is 4.90 Å². The first-order chi connectivity index (χ1) is 8.20. The Hall–Kier alpha value is -1.52. The number of aliphatic carboxylic acids is 1. The van der Waals surface area contributed by atoms with Crippen molar-refractivity contribution in [2.75, 3.05) is 19.6 Å². The normalized spacial score (nSPS) is 24.8. The van der Waals surface area contributed by atoms with Gasteiger partial charge in [-0.25, -0.2) is 9.59 Å². The van der Waals surface area contributed by atoms with Crippen molar-refractivity contribution in [2.24, 2.45) is 0 Å². The van der Waals surface area contributed by atoms with E-state index in [4.69, 9.17) is 5.11 Å². The number of urea groups is 1. The number of amides is 2. The van der Waals surface area contributed by atoms with Gasteiger partial charge in [-0.2, -0.15) is 0 Å². The Morgan fingerprint density at radius 1 is 1.18 bits per heavy atom. The van der Waals surface area contributed by atoms with Crippen LogP contribution in [0.2, 0.25) is 0 Å². The Bertz CT molecular complexity index is 341. The zero-order valence-corrected chi connectivity index (χ0v) is 9.84. The summed E-state index contributed by atoms with van der Waals surface area (Å²) in [6.07, 6.45) is 7.23. The molecule has 0 spiro atoms. The predicted molar refractivity (Wildman–Crippen MR) is 62.7 cm³/mol. The van der Waals surface area contributed by atoms with Gasteiger partial charge in [0.25, 0.3) is 0 Å². The molecule has 1 atom stereocenters. The van der Waals surface area contributed by atoms with Crippen LogP contribution in [0.25, 0.3) is 0 Å². The molecule has 1 fully saturated rings. The van der Waals surface area contributed by atoms with E-state index in [0.29, 0.717) is 26.1 Å². The molecule has 0 radical (unpaired) electrons. The topological polar surface area (TPSA) is 60.9 Å². The van der Waals surface area contributed by atoms with Gasteiger partial charge in [0.15, 0.2) is 0 Å². The van der Waals surface area contributed by atoms with Gasteiger partial charge in [-0.3, -0.25) is 0 Å². The Morgan fingerprint density at radius 2 is 2.00 bits per heavy atom. The molecule has 1 N–H and O–H groups in total. The van der Waals surface area contributed by atoms with Crippen molar-refractivity contribution in [1.29, 1.82) is 0 Å². The molecule has 0 aromatic heterocycles. The summed E-state index contributed by atoms with van der Waals surface area (Å²) in [7, 11) is 0. The number of hydrogen-bond donors (Lipinski definition) is 1. The minimum absolute atomic E-state index is 0.124. The van der Waals surface area contributed by atoms with Crippen LogP contribution < -0.4 is 0 Å². The first kappa shape index (κ1) is 12.0. The van der Waals surface area contributed by atoms with Crippen LogP contribution in [-0.2, 0) is 4.79 Å². The lowest BCUT2D eigenvalue weighted by Crippen LogP contribution is -2.53. The fourth-order valence-electron chi connectivity index (χ4n) is 2.41. The van der Waals surface area contributed by atoms with Crippen molar-refractivity contribution in [1.82, 2.24) is 9.80 Å². The van der Waals surface area contributed by atoms with Gasteiger partial charge in [0, 0.05) is 19.6 Å². The number of carbonyl (C=O) groups is 2. The molecule has 2 rings (SSSR count). The summed E-state index contributed by atoms with van der Waals surface area (Å²) < 4.78 is 0. The standard InChI is InChI=1S/C12H18N2O3/c15-11(16)10-6-2-5-9-14(10)12(17)13-7-3-1-4-8-13/h1,3,10H,2,4-9H2,(H,15,16). The van der Waals surface area contributed by atoms with E-state index in [-0.39, 0.29) is 6.03 Å². The van der Waals surface area contributed by atoms with Crippen LogP contribution in [0.3, 0.4) is 0 Å². The number of carboxylic acids is 1.